The van der Waals surface area contributed by atoms with E-state index in [1.54, 1.807) is 0 Å². The van der Waals surface area contributed by atoms with Crippen LogP contribution in [-0.2, 0) is 14.3 Å². The van der Waals surface area contributed by atoms with E-state index >= 15 is 0 Å². The summed E-state index contributed by atoms with van der Waals surface area (Å²) >= 11 is 2.71. The van der Waals surface area contributed by atoms with E-state index in [1.165, 1.54) is 6.92 Å². The van der Waals surface area contributed by atoms with E-state index in [0.717, 1.165) is 6.26 Å². The number of carboxylic acid groups (broad SMARTS) is 1. The van der Waals surface area contributed by atoms with Gasteiger partial charge < -0.3 is 9.84 Å². The summed E-state index contributed by atoms with van der Waals surface area (Å²) in [7, 11) is 0. The number of carbonyl (C=O) groups excluding carboxylic acids is 1. The molecule has 0 bridgehead atoms. The molecule has 0 amide bonds. The predicted octanol–water partition coefficient (Wildman–Crippen LogP) is 1.16. The normalized spacial score (nSPS) is 7.09. The Hall–Kier alpha value is -0.840. The molecule has 11 heavy (non-hydrogen) atoms. The van der Waals surface area contributed by atoms with Gasteiger partial charge in [0.15, 0.2) is 0 Å². The third-order valence-electron chi connectivity index (χ3n) is 0.364. The van der Waals surface area contributed by atoms with Crippen molar-refractivity contribution in [3.8, 4) is 0 Å². The summed E-state index contributed by atoms with van der Waals surface area (Å²) in [4.78, 5) is 19.1. The van der Waals surface area contributed by atoms with Crippen molar-refractivity contribution < 1.29 is 19.4 Å². The van der Waals surface area contributed by atoms with E-state index < -0.39 is 5.97 Å². The van der Waals surface area contributed by atoms with Crippen LogP contribution < -0.4 is 0 Å². The van der Waals surface area contributed by atoms with Crippen LogP contribution in [0.25, 0.3) is 0 Å². The first-order valence-electron chi connectivity index (χ1n) is 2.60. The van der Waals surface area contributed by atoms with Gasteiger partial charge in [-0.15, -0.1) is 0 Å². The topological polar surface area (TPSA) is 63.6 Å². The van der Waals surface area contributed by atoms with Gasteiger partial charge in [0.1, 0.15) is 5.33 Å². The van der Waals surface area contributed by atoms with Gasteiger partial charge in [-0.2, -0.15) is 0 Å². The third kappa shape index (κ3) is 27.1. The highest BCUT2D eigenvalue weighted by molar-refractivity contribution is 9.09. The molecule has 0 aliphatic carbocycles. The number of hydrogen-bond acceptors (Lipinski definition) is 3. The molecule has 0 rings (SSSR count). The summed E-state index contributed by atoms with van der Waals surface area (Å²) in [5.74, 6) is -1.16. The van der Waals surface area contributed by atoms with E-state index in [2.05, 4.69) is 27.2 Å². The molecule has 0 spiro atoms. The van der Waals surface area contributed by atoms with Crippen LogP contribution in [0.2, 0.25) is 0 Å². The summed E-state index contributed by atoms with van der Waals surface area (Å²) in [5, 5.41) is 7.71. The molecule has 0 unspecified atom stereocenters. The van der Waals surface area contributed by atoms with Crippen LogP contribution in [-0.4, -0.2) is 22.4 Å². The maximum Gasteiger partial charge on any atom is 0.314 e. The fraction of sp³-hybridized carbons (Fsp3) is 0.333. The van der Waals surface area contributed by atoms with Crippen LogP contribution in [0.5, 0.6) is 0 Å². The van der Waals surface area contributed by atoms with Gasteiger partial charge in [-0.05, 0) is 0 Å². The van der Waals surface area contributed by atoms with Crippen molar-refractivity contribution in [1.29, 1.82) is 0 Å². The summed E-state index contributed by atoms with van der Waals surface area (Å²) < 4.78 is 4.17. The molecule has 5 heteroatoms. The maximum absolute atomic E-state index is 9.75. The molecule has 0 atom stereocenters. The summed E-state index contributed by atoms with van der Waals surface area (Å²) in [6, 6.07) is 0. The molecule has 0 aliphatic heterocycles. The fourth-order valence-electron chi connectivity index (χ4n) is 0.117. The van der Waals surface area contributed by atoms with Crippen molar-refractivity contribution in [3.63, 3.8) is 0 Å². The summed E-state index contributed by atoms with van der Waals surface area (Å²) in [6.07, 6.45) is 1.10. The van der Waals surface area contributed by atoms with Crippen LogP contribution in [0.4, 0.5) is 0 Å². The largest absolute Gasteiger partial charge is 0.481 e. The number of esters is 1. The average Bonchev–Trinajstić information content (AvgIpc) is 1.89. The first kappa shape index (κ1) is 12.8. The fourth-order valence-corrected chi connectivity index (χ4v) is 0.117. The molecule has 1 N–H and O–H groups in total. The lowest BCUT2D eigenvalue weighted by atomic mass is 10.8. The van der Waals surface area contributed by atoms with E-state index in [0.29, 0.717) is 0 Å². The Morgan fingerprint density at radius 3 is 2.09 bits per heavy atom. The lowest BCUT2D eigenvalue weighted by Crippen LogP contribution is -1.92. The van der Waals surface area contributed by atoms with Gasteiger partial charge in [0.25, 0.3) is 0 Å². The quantitative estimate of drug-likeness (QED) is 0.435. The molecule has 64 valence electrons. The minimum atomic E-state index is -0.829. The van der Waals surface area contributed by atoms with Crippen LogP contribution in [0.15, 0.2) is 12.8 Å². The Labute approximate surface area is 73.0 Å². The molecule has 0 saturated heterocycles. The van der Waals surface area contributed by atoms with Crippen LogP contribution in [0, 0.1) is 0 Å². The van der Waals surface area contributed by atoms with E-state index in [9.17, 15) is 9.59 Å². The minimum Gasteiger partial charge on any atom is -0.481 e. The van der Waals surface area contributed by atoms with Gasteiger partial charge in [0.05, 0.1) is 6.26 Å². The van der Waals surface area contributed by atoms with Crippen molar-refractivity contribution in [2.75, 3.05) is 5.33 Å². The molecule has 0 aromatic carbocycles. The smallest absolute Gasteiger partial charge is 0.314 e. The van der Waals surface area contributed by atoms with Gasteiger partial charge in [0.2, 0.25) is 0 Å². The van der Waals surface area contributed by atoms with Crippen molar-refractivity contribution in [3.05, 3.63) is 12.8 Å². The molecule has 0 heterocycles. The van der Waals surface area contributed by atoms with Crippen molar-refractivity contribution in [1.82, 2.24) is 0 Å². The van der Waals surface area contributed by atoms with Gasteiger partial charge in [0, 0.05) is 6.92 Å². The molecule has 0 aromatic rings. The van der Waals surface area contributed by atoms with Crippen molar-refractivity contribution in [2.24, 2.45) is 0 Å². The zero-order valence-corrected chi connectivity index (χ0v) is 7.63. The van der Waals surface area contributed by atoms with Gasteiger partial charge in [-0.25, -0.2) is 0 Å². The zero-order valence-electron chi connectivity index (χ0n) is 6.04. The Morgan fingerprint density at radius 2 is 2.09 bits per heavy atom. The van der Waals surface area contributed by atoms with Crippen molar-refractivity contribution in [2.45, 2.75) is 6.92 Å². The molecule has 0 fully saturated rings. The number of rotatable bonds is 2. The van der Waals surface area contributed by atoms with Crippen LogP contribution in [0.1, 0.15) is 6.92 Å². The number of halogens is 1. The molecule has 0 aliphatic rings. The number of alkyl halides is 1. The first-order chi connectivity index (χ1) is 5.04. The van der Waals surface area contributed by atoms with Gasteiger partial charge >= 0.3 is 11.9 Å². The number of ether oxygens (including phenoxy) is 1. The number of carboxylic acids is 1. The molecular weight excluding hydrogens is 216 g/mol. The summed E-state index contributed by atoms with van der Waals surface area (Å²) in [5.41, 5.74) is 0. The highest BCUT2D eigenvalue weighted by Crippen LogP contribution is 1.73. The molecular formula is C6H9BrO4. The second-order valence-electron chi connectivity index (χ2n) is 1.30. The van der Waals surface area contributed by atoms with Gasteiger partial charge in [-0.3, -0.25) is 9.59 Å². The lowest BCUT2D eigenvalue weighted by molar-refractivity contribution is -0.135. The van der Waals surface area contributed by atoms with E-state index in [1.807, 2.05) is 0 Å². The van der Waals surface area contributed by atoms with E-state index in [4.69, 9.17) is 5.11 Å². The summed E-state index contributed by atoms with van der Waals surface area (Å²) in [6.45, 7) is 4.48. The Balaban J connectivity index is 0. The number of aliphatic carboxylic acids is 1. The lowest BCUT2D eigenvalue weighted by Gasteiger charge is -1.83. The third-order valence-corrected chi connectivity index (χ3v) is 0.843. The zero-order chi connectivity index (χ0) is 9.28. The Kier molecular flexibility index (Phi) is 10.7. The van der Waals surface area contributed by atoms with Gasteiger partial charge in [-0.1, -0.05) is 22.5 Å². The monoisotopic (exact) mass is 224 g/mol. The Morgan fingerprint density at radius 1 is 1.73 bits per heavy atom. The average molecular weight is 225 g/mol. The van der Waals surface area contributed by atoms with E-state index in [-0.39, 0.29) is 11.3 Å². The van der Waals surface area contributed by atoms with Crippen molar-refractivity contribution >= 4 is 27.9 Å². The highest BCUT2D eigenvalue weighted by Gasteiger charge is 1.83. The standard InChI is InChI=1S/C4H6O2.C2H3BrO2/c1-3-6-4(2)5;3-1-2(4)5/h3H,1H2,2H3;1H2,(H,4,5). The highest BCUT2D eigenvalue weighted by atomic mass is 79.9. The number of carbonyl (C=O) groups is 2. The number of hydrogen-bond donors (Lipinski definition) is 1. The maximum atomic E-state index is 9.75. The Bertz CT molecular complexity index is 144. The van der Waals surface area contributed by atoms with Crippen LogP contribution >= 0.6 is 15.9 Å². The minimum absolute atomic E-state index is 0.0347. The van der Waals surface area contributed by atoms with Crippen LogP contribution in [0.3, 0.4) is 0 Å². The second kappa shape index (κ2) is 9.16. The first-order valence-corrected chi connectivity index (χ1v) is 3.72. The predicted molar refractivity (Wildman–Crippen MR) is 43.4 cm³/mol. The molecule has 0 radical (unpaired) electrons. The second-order valence-corrected chi connectivity index (χ2v) is 1.86. The molecule has 4 nitrogen and oxygen atoms in total. The molecule has 0 aromatic heterocycles. The SMILES string of the molecule is C=COC(C)=O.O=C(O)CBr. The molecule has 0 saturated carbocycles.